The third kappa shape index (κ3) is 1.97. The Morgan fingerprint density at radius 3 is 2.82 bits per heavy atom. The molecule has 0 aliphatic carbocycles. The van der Waals surface area contributed by atoms with Crippen LogP contribution in [-0.2, 0) is 11.3 Å². The molecule has 0 unspecified atom stereocenters. The molecule has 2 aromatic carbocycles. The molecule has 0 bridgehead atoms. The van der Waals surface area contributed by atoms with Crippen molar-refractivity contribution in [2.24, 2.45) is 0 Å². The van der Waals surface area contributed by atoms with Gasteiger partial charge in [-0.3, -0.25) is 0 Å². The Kier molecular flexibility index (Phi) is 2.73. The lowest BCUT2D eigenvalue weighted by Gasteiger charge is -2.30. The van der Waals surface area contributed by atoms with E-state index >= 15 is 0 Å². The maximum absolute atomic E-state index is 10.2. The molecule has 4 rings (SSSR count). The van der Waals surface area contributed by atoms with Crippen molar-refractivity contribution in [3.63, 3.8) is 0 Å². The molecule has 0 radical (unpaired) electrons. The van der Waals surface area contributed by atoms with Crippen molar-refractivity contribution >= 4 is 23.0 Å². The molecule has 0 spiro atoms. The van der Waals surface area contributed by atoms with E-state index in [-0.39, 0.29) is 11.3 Å². The minimum atomic E-state index is -0.135. The van der Waals surface area contributed by atoms with Crippen LogP contribution in [0.1, 0.15) is 25.0 Å². The van der Waals surface area contributed by atoms with Gasteiger partial charge in [0.2, 0.25) is 0 Å². The number of ether oxygens (including phenoxy) is 1. The Hall–Kier alpha value is -2.13. The molecule has 0 atom stereocenters. The fourth-order valence-electron chi connectivity index (χ4n) is 3.21. The van der Waals surface area contributed by atoms with Crippen molar-refractivity contribution in [3.05, 3.63) is 52.6 Å². The van der Waals surface area contributed by atoms with Crippen molar-refractivity contribution in [2.45, 2.75) is 26.0 Å². The first-order chi connectivity index (χ1) is 10.4. The summed E-state index contributed by atoms with van der Waals surface area (Å²) >= 11 is 6.09. The number of phenols is 1. The first-order valence-electron chi connectivity index (χ1n) is 7.24. The highest BCUT2D eigenvalue weighted by molar-refractivity contribution is 6.31. The van der Waals surface area contributed by atoms with Gasteiger partial charge in [-0.15, -0.1) is 0 Å². The van der Waals surface area contributed by atoms with Gasteiger partial charge < -0.3 is 15.2 Å². The van der Waals surface area contributed by atoms with Crippen LogP contribution in [-0.4, -0.2) is 10.6 Å². The third-order valence-corrected chi connectivity index (χ3v) is 4.36. The average Bonchev–Trinajstić information content (AvgIpc) is 2.86. The van der Waals surface area contributed by atoms with Crippen molar-refractivity contribution in [2.75, 3.05) is 5.32 Å². The monoisotopic (exact) mass is 313 g/mol. The van der Waals surface area contributed by atoms with E-state index in [2.05, 4.69) is 25.2 Å². The van der Waals surface area contributed by atoms with Crippen molar-refractivity contribution in [1.82, 2.24) is 0 Å². The SMILES string of the molecule is CC1(C)C=C2OCc3c(-c4cc(Cl)ccc4O)ccc(c32)N1. The summed E-state index contributed by atoms with van der Waals surface area (Å²) in [6, 6.07) is 9.15. The highest BCUT2D eigenvalue weighted by Gasteiger charge is 2.33. The van der Waals surface area contributed by atoms with Crippen LogP contribution in [0.5, 0.6) is 5.75 Å². The van der Waals surface area contributed by atoms with E-state index < -0.39 is 0 Å². The molecule has 0 saturated heterocycles. The predicted octanol–water partition coefficient (Wildman–Crippen LogP) is 4.79. The maximum atomic E-state index is 10.2. The highest BCUT2D eigenvalue weighted by atomic mass is 35.5. The lowest BCUT2D eigenvalue weighted by atomic mass is 9.89. The van der Waals surface area contributed by atoms with Crippen LogP contribution in [0, 0.1) is 0 Å². The van der Waals surface area contributed by atoms with Crippen LogP contribution in [0.25, 0.3) is 16.9 Å². The van der Waals surface area contributed by atoms with E-state index in [4.69, 9.17) is 16.3 Å². The lowest BCUT2D eigenvalue weighted by Crippen LogP contribution is -2.31. The number of phenolic OH excluding ortho intramolecular Hbond substituents is 1. The van der Waals surface area contributed by atoms with Gasteiger partial charge in [-0.2, -0.15) is 0 Å². The quantitative estimate of drug-likeness (QED) is 0.795. The van der Waals surface area contributed by atoms with E-state index in [1.54, 1.807) is 18.2 Å². The van der Waals surface area contributed by atoms with E-state index in [1.807, 2.05) is 12.1 Å². The summed E-state index contributed by atoms with van der Waals surface area (Å²) in [7, 11) is 0. The number of rotatable bonds is 1. The van der Waals surface area contributed by atoms with Crippen molar-refractivity contribution in [1.29, 1.82) is 0 Å². The number of anilines is 1. The molecular formula is C18H16ClNO2. The minimum Gasteiger partial charge on any atom is -0.507 e. The van der Waals surface area contributed by atoms with Gasteiger partial charge in [0, 0.05) is 27.4 Å². The summed E-state index contributed by atoms with van der Waals surface area (Å²) in [5.74, 6) is 1.14. The first kappa shape index (κ1) is 13.5. The van der Waals surface area contributed by atoms with Crippen LogP contribution in [0.3, 0.4) is 0 Å². The zero-order valence-electron chi connectivity index (χ0n) is 12.4. The molecule has 0 aromatic heterocycles. The fourth-order valence-corrected chi connectivity index (χ4v) is 3.38. The summed E-state index contributed by atoms with van der Waals surface area (Å²) in [6.07, 6.45) is 2.10. The summed E-state index contributed by atoms with van der Waals surface area (Å²) in [5.41, 5.74) is 4.81. The normalized spacial score (nSPS) is 17.3. The zero-order chi connectivity index (χ0) is 15.5. The van der Waals surface area contributed by atoms with E-state index in [9.17, 15) is 5.11 Å². The van der Waals surface area contributed by atoms with E-state index in [0.29, 0.717) is 11.6 Å². The van der Waals surface area contributed by atoms with Crippen LogP contribution in [0.15, 0.2) is 36.4 Å². The van der Waals surface area contributed by atoms with E-state index in [0.717, 1.165) is 33.7 Å². The number of aromatic hydroxyl groups is 1. The van der Waals surface area contributed by atoms with Crippen LogP contribution >= 0.6 is 11.6 Å². The fraction of sp³-hybridized carbons (Fsp3) is 0.222. The van der Waals surface area contributed by atoms with Gasteiger partial charge in [-0.05, 0) is 49.8 Å². The molecule has 2 aliphatic rings. The molecule has 2 aliphatic heterocycles. The number of hydrogen-bond donors (Lipinski definition) is 2. The van der Waals surface area contributed by atoms with Gasteiger partial charge in [-0.1, -0.05) is 17.7 Å². The molecule has 22 heavy (non-hydrogen) atoms. The second-order valence-electron chi connectivity index (χ2n) is 6.32. The summed E-state index contributed by atoms with van der Waals surface area (Å²) in [4.78, 5) is 0. The molecule has 2 aromatic rings. The maximum Gasteiger partial charge on any atom is 0.127 e. The second kappa shape index (κ2) is 4.43. The molecule has 112 valence electrons. The lowest BCUT2D eigenvalue weighted by molar-refractivity contribution is 0.283. The first-order valence-corrected chi connectivity index (χ1v) is 7.61. The van der Waals surface area contributed by atoms with Gasteiger partial charge >= 0.3 is 0 Å². The van der Waals surface area contributed by atoms with Crippen LogP contribution in [0.4, 0.5) is 5.69 Å². The minimum absolute atomic E-state index is 0.135. The van der Waals surface area contributed by atoms with E-state index in [1.165, 1.54) is 0 Å². The zero-order valence-corrected chi connectivity index (χ0v) is 13.2. The summed E-state index contributed by atoms with van der Waals surface area (Å²) in [6.45, 7) is 4.73. The topological polar surface area (TPSA) is 41.5 Å². The summed E-state index contributed by atoms with van der Waals surface area (Å²) < 4.78 is 5.88. The van der Waals surface area contributed by atoms with Crippen LogP contribution < -0.4 is 5.32 Å². The molecule has 0 fully saturated rings. The Labute approximate surface area is 134 Å². The largest absolute Gasteiger partial charge is 0.507 e. The Morgan fingerprint density at radius 2 is 2.00 bits per heavy atom. The number of hydrogen-bond acceptors (Lipinski definition) is 3. The summed E-state index contributed by atoms with van der Waals surface area (Å²) in [5, 5.41) is 14.3. The van der Waals surface area contributed by atoms with Gasteiger partial charge in [0.25, 0.3) is 0 Å². The Balaban J connectivity index is 1.95. The Bertz CT molecular complexity index is 824. The molecule has 4 heteroatoms. The van der Waals surface area contributed by atoms with Crippen molar-refractivity contribution < 1.29 is 9.84 Å². The van der Waals surface area contributed by atoms with Gasteiger partial charge in [0.1, 0.15) is 18.1 Å². The Morgan fingerprint density at radius 1 is 1.18 bits per heavy atom. The van der Waals surface area contributed by atoms with Crippen molar-refractivity contribution in [3.8, 4) is 16.9 Å². The number of nitrogens with one attached hydrogen (secondary N) is 1. The standard InChI is InChI=1S/C18H16ClNO2/c1-18(2)8-16-17-13(9-22-16)11(4-5-14(17)20-18)12-7-10(19)3-6-15(12)21/h3-8,20-21H,9H2,1-2H3. The number of benzene rings is 2. The van der Waals surface area contributed by atoms with Gasteiger partial charge in [-0.25, -0.2) is 0 Å². The molecule has 0 amide bonds. The van der Waals surface area contributed by atoms with Gasteiger partial charge in [0.15, 0.2) is 0 Å². The second-order valence-corrected chi connectivity index (χ2v) is 6.76. The van der Waals surface area contributed by atoms with Gasteiger partial charge in [0.05, 0.1) is 5.54 Å². The molecule has 0 saturated carbocycles. The van der Waals surface area contributed by atoms with Crippen LogP contribution in [0.2, 0.25) is 5.02 Å². The average molecular weight is 314 g/mol. The third-order valence-electron chi connectivity index (χ3n) is 4.13. The predicted molar refractivity (Wildman–Crippen MR) is 89.0 cm³/mol. The molecule has 2 heterocycles. The molecule has 2 N–H and O–H groups in total. The molecule has 3 nitrogen and oxygen atoms in total. The highest BCUT2D eigenvalue weighted by Crippen LogP contribution is 2.46. The number of halogens is 1. The smallest absolute Gasteiger partial charge is 0.127 e. The molecular weight excluding hydrogens is 298 g/mol.